The standard InChI is InChI=1S/C13H17FN2O4/c1-8-5-9(14)6-10(11(8)16(19)20)12(17)15(4)7-13(2,3)18/h5-6,18H,7H2,1-4H3. The lowest BCUT2D eigenvalue weighted by Gasteiger charge is -2.25. The molecule has 110 valence electrons. The number of rotatable bonds is 4. The zero-order chi connectivity index (χ0) is 15.7. The van der Waals surface area contributed by atoms with Crippen LogP contribution in [0.3, 0.4) is 0 Å². The van der Waals surface area contributed by atoms with Crippen molar-refractivity contribution in [3.05, 3.63) is 39.2 Å². The molecule has 0 bridgehead atoms. The highest BCUT2D eigenvalue weighted by atomic mass is 19.1. The maximum atomic E-state index is 13.4. The maximum Gasteiger partial charge on any atom is 0.285 e. The normalized spacial score (nSPS) is 11.3. The van der Waals surface area contributed by atoms with E-state index in [9.17, 15) is 24.4 Å². The number of hydrogen-bond donors (Lipinski definition) is 1. The Morgan fingerprint density at radius 1 is 1.50 bits per heavy atom. The average Bonchev–Trinajstić information content (AvgIpc) is 2.23. The van der Waals surface area contributed by atoms with Crippen molar-refractivity contribution in [2.75, 3.05) is 13.6 Å². The van der Waals surface area contributed by atoms with Gasteiger partial charge in [0.25, 0.3) is 11.6 Å². The van der Waals surface area contributed by atoms with Gasteiger partial charge in [0, 0.05) is 19.2 Å². The van der Waals surface area contributed by atoms with E-state index in [1.165, 1.54) is 27.8 Å². The molecule has 0 heterocycles. The van der Waals surface area contributed by atoms with Gasteiger partial charge in [0.1, 0.15) is 11.4 Å². The summed E-state index contributed by atoms with van der Waals surface area (Å²) < 4.78 is 13.4. The Hall–Kier alpha value is -2.02. The Balaban J connectivity index is 3.25. The number of nitro groups is 1. The number of benzene rings is 1. The van der Waals surface area contributed by atoms with Crippen LogP contribution in [0.2, 0.25) is 0 Å². The lowest BCUT2D eigenvalue weighted by Crippen LogP contribution is -2.40. The molecule has 0 fully saturated rings. The van der Waals surface area contributed by atoms with Gasteiger partial charge in [0.2, 0.25) is 0 Å². The van der Waals surface area contributed by atoms with E-state index in [1.807, 2.05) is 0 Å². The zero-order valence-corrected chi connectivity index (χ0v) is 11.8. The Morgan fingerprint density at radius 2 is 2.05 bits per heavy atom. The molecule has 0 radical (unpaired) electrons. The number of amides is 1. The van der Waals surface area contributed by atoms with Gasteiger partial charge >= 0.3 is 0 Å². The molecule has 0 saturated heterocycles. The van der Waals surface area contributed by atoms with Crippen LogP contribution in [0.15, 0.2) is 12.1 Å². The van der Waals surface area contributed by atoms with Crippen LogP contribution in [0.4, 0.5) is 10.1 Å². The number of likely N-dealkylation sites (N-methyl/N-ethyl adjacent to an activating group) is 1. The maximum absolute atomic E-state index is 13.4. The van der Waals surface area contributed by atoms with Gasteiger partial charge in [-0.2, -0.15) is 0 Å². The van der Waals surface area contributed by atoms with Crippen LogP contribution in [0.25, 0.3) is 0 Å². The highest BCUT2D eigenvalue weighted by Gasteiger charge is 2.28. The van der Waals surface area contributed by atoms with Crippen LogP contribution < -0.4 is 0 Å². The molecule has 20 heavy (non-hydrogen) atoms. The second-order valence-electron chi connectivity index (χ2n) is 5.35. The number of nitro benzene ring substituents is 1. The summed E-state index contributed by atoms with van der Waals surface area (Å²) in [4.78, 5) is 23.6. The van der Waals surface area contributed by atoms with E-state index in [2.05, 4.69) is 0 Å². The number of carbonyl (C=O) groups is 1. The summed E-state index contributed by atoms with van der Waals surface area (Å²) in [6.07, 6.45) is 0. The zero-order valence-electron chi connectivity index (χ0n) is 11.8. The van der Waals surface area contributed by atoms with Crippen molar-refractivity contribution in [3.8, 4) is 0 Å². The van der Waals surface area contributed by atoms with Gasteiger partial charge in [0.15, 0.2) is 0 Å². The smallest absolute Gasteiger partial charge is 0.285 e. The summed E-state index contributed by atoms with van der Waals surface area (Å²) in [5, 5.41) is 20.7. The highest BCUT2D eigenvalue weighted by Crippen LogP contribution is 2.26. The highest BCUT2D eigenvalue weighted by molar-refractivity contribution is 5.98. The van der Waals surface area contributed by atoms with Crippen LogP contribution in [-0.2, 0) is 0 Å². The molecular formula is C13H17FN2O4. The van der Waals surface area contributed by atoms with E-state index < -0.39 is 27.9 Å². The first-order valence-corrected chi connectivity index (χ1v) is 5.95. The fraction of sp³-hybridized carbons (Fsp3) is 0.462. The molecule has 0 atom stereocenters. The molecule has 1 aromatic rings. The van der Waals surface area contributed by atoms with Gasteiger partial charge in [-0.15, -0.1) is 0 Å². The fourth-order valence-electron chi connectivity index (χ4n) is 2.00. The summed E-state index contributed by atoms with van der Waals surface area (Å²) in [7, 11) is 1.39. The van der Waals surface area contributed by atoms with Crippen molar-refractivity contribution in [3.63, 3.8) is 0 Å². The molecule has 0 aliphatic heterocycles. The van der Waals surface area contributed by atoms with E-state index in [1.54, 1.807) is 0 Å². The molecule has 6 nitrogen and oxygen atoms in total. The Kier molecular flexibility index (Phi) is 4.44. The number of hydrogen-bond acceptors (Lipinski definition) is 4. The molecule has 0 unspecified atom stereocenters. The van der Waals surface area contributed by atoms with Crippen LogP contribution in [-0.4, -0.2) is 40.0 Å². The third-order valence-corrected chi connectivity index (χ3v) is 2.65. The third kappa shape index (κ3) is 3.74. The molecule has 0 aliphatic rings. The van der Waals surface area contributed by atoms with Crippen molar-refractivity contribution in [1.29, 1.82) is 0 Å². The van der Waals surface area contributed by atoms with Gasteiger partial charge in [-0.05, 0) is 32.9 Å². The van der Waals surface area contributed by atoms with Gasteiger partial charge in [-0.25, -0.2) is 4.39 Å². The molecule has 0 aliphatic carbocycles. The molecule has 1 amide bonds. The van der Waals surface area contributed by atoms with E-state index in [4.69, 9.17) is 0 Å². The minimum atomic E-state index is -1.15. The van der Waals surface area contributed by atoms with E-state index in [0.29, 0.717) is 0 Å². The quantitative estimate of drug-likeness (QED) is 0.676. The number of nitrogens with zero attached hydrogens (tertiary/aromatic N) is 2. The fourth-order valence-corrected chi connectivity index (χ4v) is 2.00. The van der Waals surface area contributed by atoms with E-state index in [0.717, 1.165) is 17.0 Å². The van der Waals surface area contributed by atoms with Crippen LogP contribution in [0, 0.1) is 22.9 Å². The summed E-state index contributed by atoms with van der Waals surface area (Å²) in [6, 6.07) is 1.85. The van der Waals surface area contributed by atoms with Crippen LogP contribution >= 0.6 is 0 Å². The van der Waals surface area contributed by atoms with Gasteiger partial charge in [-0.3, -0.25) is 14.9 Å². The Morgan fingerprint density at radius 3 is 2.50 bits per heavy atom. The molecule has 1 aromatic carbocycles. The minimum absolute atomic E-state index is 0.0292. The van der Waals surface area contributed by atoms with Crippen molar-refractivity contribution < 1.29 is 19.2 Å². The predicted molar refractivity (Wildman–Crippen MR) is 71.0 cm³/mol. The number of aryl methyl sites for hydroxylation is 1. The molecule has 0 aromatic heterocycles. The predicted octanol–water partition coefficient (Wildman–Crippen LogP) is 1.89. The summed E-state index contributed by atoms with van der Waals surface area (Å²) in [6.45, 7) is 4.34. The Labute approximate surface area is 116 Å². The summed E-state index contributed by atoms with van der Waals surface area (Å²) in [5.74, 6) is -1.42. The molecule has 0 spiro atoms. The first kappa shape index (κ1) is 16.0. The molecule has 0 saturated carbocycles. The number of carbonyl (C=O) groups excluding carboxylic acids is 1. The molecule has 1 rings (SSSR count). The monoisotopic (exact) mass is 284 g/mol. The second kappa shape index (κ2) is 5.54. The van der Waals surface area contributed by atoms with Gasteiger partial charge in [-0.1, -0.05) is 0 Å². The topological polar surface area (TPSA) is 83.7 Å². The van der Waals surface area contributed by atoms with E-state index >= 15 is 0 Å². The second-order valence-corrected chi connectivity index (χ2v) is 5.35. The summed E-state index contributed by atoms with van der Waals surface area (Å²) >= 11 is 0. The van der Waals surface area contributed by atoms with Crippen molar-refractivity contribution in [2.45, 2.75) is 26.4 Å². The first-order chi connectivity index (χ1) is 9.03. The summed E-state index contributed by atoms with van der Waals surface area (Å²) in [5.41, 5.74) is -1.81. The third-order valence-electron chi connectivity index (χ3n) is 2.65. The first-order valence-electron chi connectivity index (χ1n) is 5.95. The molecule has 7 heteroatoms. The number of aliphatic hydroxyl groups is 1. The largest absolute Gasteiger partial charge is 0.389 e. The Bertz CT molecular complexity index is 552. The lowest BCUT2D eigenvalue weighted by atomic mass is 10.1. The SMILES string of the molecule is Cc1cc(F)cc(C(=O)N(C)CC(C)(C)O)c1[N+](=O)[O-]. The van der Waals surface area contributed by atoms with Crippen molar-refractivity contribution in [2.24, 2.45) is 0 Å². The van der Waals surface area contributed by atoms with Crippen LogP contribution in [0.1, 0.15) is 29.8 Å². The lowest BCUT2D eigenvalue weighted by molar-refractivity contribution is -0.385. The molecule has 1 N–H and O–H groups in total. The van der Waals surface area contributed by atoms with Crippen molar-refractivity contribution >= 4 is 11.6 Å². The minimum Gasteiger partial charge on any atom is -0.389 e. The molecular weight excluding hydrogens is 267 g/mol. The average molecular weight is 284 g/mol. The van der Waals surface area contributed by atoms with Crippen molar-refractivity contribution in [1.82, 2.24) is 4.90 Å². The number of halogens is 1. The van der Waals surface area contributed by atoms with Crippen LogP contribution in [0.5, 0.6) is 0 Å². The van der Waals surface area contributed by atoms with Gasteiger partial charge in [0.05, 0.1) is 10.5 Å². The van der Waals surface area contributed by atoms with E-state index in [-0.39, 0.29) is 17.7 Å². The van der Waals surface area contributed by atoms with Gasteiger partial charge < -0.3 is 10.0 Å².